The highest BCUT2D eigenvalue weighted by Gasteiger charge is 2.13. The van der Waals surface area contributed by atoms with Crippen molar-refractivity contribution < 1.29 is 0 Å². The van der Waals surface area contributed by atoms with Crippen LogP contribution in [0.25, 0.3) is 0 Å². The Hall–Kier alpha value is -0.810. The van der Waals surface area contributed by atoms with Crippen molar-refractivity contribution in [1.29, 1.82) is 0 Å². The van der Waals surface area contributed by atoms with Gasteiger partial charge in [0.1, 0.15) is 4.99 Å². The summed E-state index contributed by atoms with van der Waals surface area (Å²) < 4.78 is 0. The maximum Gasteiger partial charge on any atom is 0.122 e. The van der Waals surface area contributed by atoms with Crippen LogP contribution in [0.5, 0.6) is 0 Å². The molecule has 3 nitrogen and oxygen atoms in total. The molecule has 1 aromatic rings. The fourth-order valence-corrected chi connectivity index (χ4v) is 2.93. The Labute approximate surface area is 105 Å². The Morgan fingerprint density at radius 1 is 1.44 bits per heavy atom. The van der Waals surface area contributed by atoms with Gasteiger partial charge in [0.2, 0.25) is 0 Å². The van der Waals surface area contributed by atoms with Crippen LogP contribution in [0, 0.1) is 0 Å². The molecule has 0 aromatic carbocycles. The first-order chi connectivity index (χ1) is 7.75. The number of nitrogens with two attached hydrogens (primary N) is 1. The molecule has 1 aliphatic rings. The molecule has 0 amide bonds. The molecule has 0 spiro atoms. The van der Waals surface area contributed by atoms with Crippen molar-refractivity contribution in [3.8, 4) is 0 Å². The second-order valence-electron chi connectivity index (χ2n) is 3.83. The molecule has 0 radical (unpaired) electrons. The summed E-state index contributed by atoms with van der Waals surface area (Å²) in [4.78, 5) is 4.56. The molecule has 16 heavy (non-hydrogen) atoms. The van der Waals surface area contributed by atoms with Gasteiger partial charge < -0.3 is 11.1 Å². The predicted molar refractivity (Wildman–Crippen MR) is 74.1 cm³/mol. The molecule has 1 aliphatic heterocycles. The van der Waals surface area contributed by atoms with E-state index < -0.39 is 0 Å². The second kappa shape index (κ2) is 5.50. The lowest BCUT2D eigenvalue weighted by atomic mass is 10.1. The van der Waals surface area contributed by atoms with Gasteiger partial charge in [0.15, 0.2) is 0 Å². The summed E-state index contributed by atoms with van der Waals surface area (Å²) in [5, 5.41) is 3.49. The number of anilines is 1. The number of pyridine rings is 1. The molecule has 2 rings (SSSR count). The number of nitrogens with one attached hydrogen (secondary N) is 1. The van der Waals surface area contributed by atoms with Crippen LogP contribution >= 0.6 is 24.0 Å². The number of hydrogen-bond donors (Lipinski definition) is 2. The molecule has 3 N–H and O–H groups in total. The average molecular weight is 253 g/mol. The maximum atomic E-state index is 5.49. The van der Waals surface area contributed by atoms with Crippen molar-refractivity contribution >= 4 is 34.7 Å². The molecule has 1 fully saturated rings. The first-order valence-corrected chi connectivity index (χ1v) is 6.92. The third-order valence-corrected chi connectivity index (χ3v) is 3.87. The zero-order chi connectivity index (χ0) is 11.4. The minimum atomic E-state index is 0.348. The van der Waals surface area contributed by atoms with E-state index in [1.54, 1.807) is 6.20 Å². The summed E-state index contributed by atoms with van der Waals surface area (Å²) in [6, 6.07) is 4.43. The molecular weight excluding hydrogens is 238 g/mol. The number of thiocarbonyl (C=S) groups is 1. The van der Waals surface area contributed by atoms with Crippen molar-refractivity contribution in [1.82, 2.24) is 4.98 Å². The molecule has 1 aromatic heterocycles. The summed E-state index contributed by atoms with van der Waals surface area (Å²) in [6.07, 6.45) is 4.25. The van der Waals surface area contributed by atoms with E-state index in [0.717, 1.165) is 5.69 Å². The summed E-state index contributed by atoms with van der Waals surface area (Å²) in [5.41, 5.74) is 7.23. The van der Waals surface area contributed by atoms with Gasteiger partial charge in [0.05, 0.1) is 17.6 Å². The third-order valence-electron chi connectivity index (χ3n) is 2.61. The van der Waals surface area contributed by atoms with Crippen LogP contribution in [-0.4, -0.2) is 27.5 Å². The van der Waals surface area contributed by atoms with E-state index in [1.807, 2.05) is 23.9 Å². The van der Waals surface area contributed by atoms with E-state index in [9.17, 15) is 0 Å². The van der Waals surface area contributed by atoms with Crippen LogP contribution in [0.15, 0.2) is 18.3 Å². The van der Waals surface area contributed by atoms with Crippen LogP contribution < -0.4 is 11.1 Å². The summed E-state index contributed by atoms with van der Waals surface area (Å²) in [6.45, 7) is 0. The highest BCUT2D eigenvalue weighted by atomic mass is 32.2. The van der Waals surface area contributed by atoms with E-state index >= 15 is 0 Å². The van der Waals surface area contributed by atoms with E-state index in [2.05, 4.69) is 10.3 Å². The van der Waals surface area contributed by atoms with Crippen LogP contribution in [0.4, 0.5) is 5.69 Å². The normalized spacial score (nSPS) is 17.0. The molecule has 0 atom stereocenters. The molecule has 0 unspecified atom stereocenters. The third kappa shape index (κ3) is 3.09. The van der Waals surface area contributed by atoms with Gasteiger partial charge >= 0.3 is 0 Å². The molecule has 2 heterocycles. The van der Waals surface area contributed by atoms with Gasteiger partial charge in [-0.3, -0.25) is 4.98 Å². The standard InChI is InChI=1S/C11H15N3S2/c12-11(15)10-2-1-9(7-13-10)14-8-3-5-16-6-4-8/h1-2,7-8,14H,3-6H2,(H2,12,15). The maximum absolute atomic E-state index is 5.49. The lowest BCUT2D eigenvalue weighted by Crippen LogP contribution is -2.24. The van der Waals surface area contributed by atoms with Crippen molar-refractivity contribution in [3.05, 3.63) is 24.0 Å². The molecule has 0 saturated carbocycles. The average Bonchev–Trinajstić information content (AvgIpc) is 2.31. The van der Waals surface area contributed by atoms with E-state index in [-0.39, 0.29) is 0 Å². The van der Waals surface area contributed by atoms with Crippen molar-refractivity contribution in [3.63, 3.8) is 0 Å². The first-order valence-electron chi connectivity index (χ1n) is 5.36. The Balaban J connectivity index is 1.96. The van der Waals surface area contributed by atoms with E-state index in [0.29, 0.717) is 16.7 Å². The SMILES string of the molecule is NC(=S)c1ccc(NC2CCSCC2)cn1. The lowest BCUT2D eigenvalue weighted by Gasteiger charge is -2.23. The second-order valence-corrected chi connectivity index (χ2v) is 5.49. The van der Waals surface area contributed by atoms with Gasteiger partial charge in [-0.1, -0.05) is 12.2 Å². The highest BCUT2D eigenvalue weighted by Crippen LogP contribution is 2.20. The number of hydrogen-bond acceptors (Lipinski definition) is 4. The van der Waals surface area contributed by atoms with E-state index in [4.69, 9.17) is 18.0 Å². The Morgan fingerprint density at radius 3 is 2.75 bits per heavy atom. The molecular formula is C11H15N3S2. The van der Waals surface area contributed by atoms with Crippen LogP contribution in [0.1, 0.15) is 18.5 Å². The monoisotopic (exact) mass is 253 g/mol. The van der Waals surface area contributed by atoms with Crippen LogP contribution in [0.2, 0.25) is 0 Å². The van der Waals surface area contributed by atoms with Gasteiger partial charge in [-0.05, 0) is 36.5 Å². The van der Waals surface area contributed by atoms with Gasteiger partial charge in [0.25, 0.3) is 0 Å². The quantitative estimate of drug-likeness (QED) is 0.807. The number of rotatable bonds is 3. The van der Waals surface area contributed by atoms with Gasteiger partial charge in [-0.2, -0.15) is 11.8 Å². The summed E-state index contributed by atoms with van der Waals surface area (Å²) in [5.74, 6) is 2.49. The van der Waals surface area contributed by atoms with Gasteiger partial charge in [-0.25, -0.2) is 0 Å². The molecule has 0 bridgehead atoms. The van der Waals surface area contributed by atoms with E-state index in [1.165, 1.54) is 24.3 Å². The summed E-state index contributed by atoms with van der Waals surface area (Å²) >= 11 is 6.89. The van der Waals surface area contributed by atoms with Crippen molar-refractivity contribution in [2.75, 3.05) is 16.8 Å². The zero-order valence-electron chi connectivity index (χ0n) is 8.98. The molecule has 86 valence electrons. The minimum absolute atomic E-state index is 0.348. The van der Waals surface area contributed by atoms with Crippen LogP contribution in [-0.2, 0) is 0 Å². The smallest absolute Gasteiger partial charge is 0.122 e. The Morgan fingerprint density at radius 2 is 2.19 bits per heavy atom. The Kier molecular flexibility index (Phi) is 4.01. The molecule has 0 aliphatic carbocycles. The number of nitrogens with zero attached hydrogens (tertiary/aromatic N) is 1. The first kappa shape index (κ1) is 11.7. The fourth-order valence-electron chi connectivity index (χ4n) is 1.70. The zero-order valence-corrected chi connectivity index (χ0v) is 10.6. The molecule has 5 heteroatoms. The van der Waals surface area contributed by atoms with Gasteiger partial charge in [-0.15, -0.1) is 0 Å². The Bertz CT molecular complexity index is 358. The van der Waals surface area contributed by atoms with Gasteiger partial charge in [0, 0.05) is 6.04 Å². The number of thioether (sulfide) groups is 1. The van der Waals surface area contributed by atoms with Crippen molar-refractivity contribution in [2.45, 2.75) is 18.9 Å². The fraction of sp³-hybridized carbons (Fsp3) is 0.455. The minimum Gasteiger partial charge on any atom is -0.388 e. The lowest BCUT2D eigenvalue weighted by molar-refractivity contribution is 0.666. The predicted octanol–water partition coefficient (Wildman–Crippen LogP) is 2.02. The summed E-state index contributed by atoms with van der Waals surface area (Å²) in [7, 11) is 0. The topological polar surface area (TPSA) is 50.9 Å². The number of aromatic nitrogens is 1. The highest BCUT2D eigenvalue weighted by molar-refractivity contribution is 7.99. The van der Waals surface area contributed by atoms with Crippen molar-refractivity contribution in [2.24, 2.45) is 5.73 Å². The molecule has 1 saturated heterocycles. The largest absolute Gasteiger partial charge is 0.388 e. The van der Waals surface area contributed by atoms with Crippen LogP contribution in [0.3, 0.4) is 0 Å².